The fourth-order valence-corrected chi connectivity index (χ4v) is 3.39. The predicted molar refractivity (Wildman–Crippen MR) is 98.8 cm³/mol. The van der Waals surface area contributed by atoms with E-state index in [1.54, 1.807) is 6.07 Å². The second kappa shape index (κ2) is 7.50. The van der Waals surface area contributed by atoms with Crippen molar-refractivity contribution >= 4 is 29.0 Å². The van der Waals surface area contributed by atoms with Crippen LogP contribution < -0.4 is 5.73 Å². The molecule has 2 aromatic carbocycles. The minimum Gasteiger partial charge on any atom is -0.383 e. The molecule has 2 N–H and O–H groups in total. The molecule has 0 unspecified atom stereocenters. The van der Waals surface area contributed by atoms with Crippen molar-refractivity contribution in [1.29, 1.82) is 5.26 Å². The molecule has 1 aromatic heterocycles. The van der Waals surface area contributed by atoms with E-state index in [9.17, 15) is 27.2 Å². The van der Waals surface area contributed by atoms with Crippen molar-refractivity contribution in [2.45, 2.75) is 6.92 Å². The van der Waals surface area contributed by atoms with Gasteiger partial charge in [-0.2, -0.15) is 5.26 Å². The zero-order valence-electron chi connectivity index (χ0n) is 14.3. The third kappa shape index (κ3) is 3.26. The van der Waals surface area contributed by atoms with Crippen molar-refractivity contribution in [3.8, 4) is 28.5 Å². The van der Waals surface area contributed by atoms with Gasteiger partial charge in [-0.25, -0.2) is 26.9 Å². The maximum absolute atomic E-state index is 14.4. The Hall–Kier alpha value is -2.89. The Bertz CT molecular complexity index is 1190. The molecule has 0 atom stereocenters. The van der Waals surface area contributed by atoms with Gasteiger partial charge in [0, 0.05) is 16.1 Å². The standard InChI is InChI=1S/C19H8Cl2F5N3/c1-6-11(12-13(22)15(24)17(26)16(25)14(12)23)9(5-27)19(28)29-18(6)8-3-2-7(20)4-10(8)21/h2-4H,1H3,(H2,28,29). The molecule has 0 aliphatic carbocycles. The van der Waals surface area contributed by atoms with Crippen LogP contribution in [-0.2, 0) is 0 Å². The zero-order chi connectivity index (χ0) is 21.6. The van der Waals surface area contributed by atoms with Gasteiger partial charge in [0.15, 0.2) is 23.3 Å². The summed E-state index contributed by atoms with van der Waals surface area (Å²) in [5.41, 5.74) is 3.51. The van der Waals surface area contributed by atoms with Crippen LogP contribution in [-0.4, -0.2) is 4.98 Å². The van der Waals surface area contributed by atoms with Crippen molar-refractivity contribution < 1.29 is 22.0 Å². The van der Waals surface area contributed by atoms with E-state index < -0.39 is 51.6 Å². The number of nitriles is 1. The lowest BCUT2D eigenvalue weighted by molar-refractivity contribution is 0.381. The van der Waals surface area contributed by atoms with E-state index in [1.165, 1.54) is 25.1 Å². The average molecular weight is 444 g/mol. The molecule has 3 nitrogen and oxygen atoms in total. The Morgan fingerprint density at radius 3 is 2.00 bits per heavy atom. The van der Waals surface area contributed by atoms with Gasteiger partial charge in [-0.05, 0) is 30.7 Å². The Morgan fingerprint density at radius 2 is 1.48 bits per heavy atom. The van der Waals surface area contributed by atoms with E-state index in [-0.39, 0.29) is 26.9 Å². The van der Waals surface area contributed by atoms with Crippen molar-refractivity contribution in [2.75, 3.05) is 5.73 Å². The number of rotatable bonds is 2. The van der Waals surface area contributed by atoms with Gasteiger partial charge in [0.2, 0.25) is 5.82 Å². The van der Waals surface area contributed by atoms with Crippen LogP contribution >= 0.6 is 23.2 Å². The Labute approximate surface area is 171 Å². The quantitative estimate of drug-likeness (QED) is 0.292. The van der Waals surface area contributed by atoms with Gasteiger partial charge >= 0.3 is 0 Å². The first-order valence-corrected chi connectivity index (χ1v) is 8.53. The molecule has 29 heavy (non-hydrogen) atoms. The number of nitrogens with two attached hydrogens (primary N) is 1. The SMILES string of the molecule is Cc1c(-c2ccc(Cl)cc2Cl)nc(N)c(C#N)c1-c1c(F)c(F)c(F)c(F)c1F. The second-order valence-corrected chi connectivity index (χ2v) is 6.75. The van der Waals surface area contributed by atoms with Crippen LogP contribution in [0.15, 0.2) is 18.2 Å². The highest BCUT2D eigenvalue weighted by Gasteiger charge is 2.31. The molecule has 148 valence electrons. The molecular formula is C19H8Cl2F5N3. The van der Waals surface area contributed by atoms with Crippen LogP contribution in [0.3, 0.4) is 0 Å². The van der Waals surface area contributed by atoms with Gasteiger partial charge in [-0.3, -0.25) is 0 Å². The molecule has 0 aliphatic rings. The molecule has 3 rings (SSSR count). The predicted octanol–water partition coefficient (Wildman–Crippen LogP) is 6.18. The van der Waals surface area contributed by atoms with Crippen LogP contribution in [0.1, 0.15) is 11.1 Å². The summed E-state index contributed by atoms with van der Waals surface area (Å²) < 4.78 is 69.9. The largest absolute Gasteiger partial charge is 0.383 e. The zero-order valence-corrected chi connectivity index (χ0v) is 15.9. The second-order valence-electron chi connectivity index (χ2n) is 5.90. The summed E-state index contributed by atoms with van der Waals surface area (Å²) in [5, 5.41) is 9.78. The molecule has 0 bridgehead atoms. The molecule has 3 aromatic rings. The highest BCUT2D eigenvalue weighted by Crippen LogP contribution is 2.41. The van der Waals surface area contributed by atoms with Crippen LogP contribution in [0.25, 0.3) is 22.4 Å². The first-order chi connectivity index (χ1) is 13.6. The molecule has 0 spiro atoms. The van der Waals surface area contributed by atoms with Gasteiger partial charge in [-0.1, -0.05) is 23.2 Å². The lowest BCUT2D eigenvalue weighted by Gasteiger charge is -2.17. The topological polar surface area (TPSA) is 62.7 Å². The molecule has 0 aliphatic heterocycles. The molecule has 0 amide bonds. The summed E-state index contributed by atoms with van der Waals surface area (Å²) in [7, 11) is 0. The third-order valence-corrected chi connectivity index (χ3v) is 4.77. The van der Waals surface area contributed by atoms with E-state index >= 15 is 0 Å². The number of nitrogens with zero attached hydrogens (tertiary/aromatic N) is 2. The number of halogens is 7. The highest BCUT2D eigenvalue weighted by molar-refractivity contribution is 6.36. The lowest BCUT2D eigenvalue weighted by atomic mass is 9.91. The maximum Gasteiger partial charge on any atom is 0.200 e. The maximum atomic E-state index is 14.4. The van der Waals surface area contributed by atoms with Crippen LogP contribution in [0.5, 0.6) is 0 Å². The minimum absolute atomic E-state index is 0.0119. The molecule has 0 fully saturated rings. The number of hydrogen-bond acceptors (Lipinski definition) is 3. The number of nitrogen functional groups attached to an aromatic ring is 1. The van der Waals surface area contributed by atoms with E-state index in [0.29, 0.717) is 0 Å². The summed E-state index contributed by atoms with van der Waals surface area (Å²) in [4.78, 5) is 4.03. The minimum atomic E-state index is -2.32. The van der Waals surface area contributed by atoms with Gasteiger partial charge in [0.05, 0.1) is 16.3 Å². The third-order valence-electron chi connectivity index (χ3n) is 4.23. The summed E-state index contributed by atoms with van der Waals surface area (Å²) in [5.74, 6) is -11.3. The fourth-order valence-electron chi connectivity index (χ4n) is 2.89. The van der Waals surface area contributed by atoms with E-state index in [1.807, 2.05) is 0 Å². The monoisotopic (exact) mass is 443 g/mol. The summed E-state index contributed by atoms with van der Waals surface area (Å²) in [6.07, 6.45) is 0. The Morgan fingerprint density at radius 1 is 0.931 bits per heavy atom. The van der Waals surface area contributed by atoms with Gasteiger partial charge in [0.1, 0.15) is 17.5 Å². The van der Waals surface area contributed by atoms with Crippen LogP contribution in [0.4, 0.5) is 27.8 Å². The van der Waals surface area contributed by atoms with Crippen molar-refractivity contribution in [3.05, 3.63) is 68.5 Å². The summed E-state index contributed by atoms with van der Waals surface area (Å²) in [6.45, 7) is 1.29. The lowest BCUT2D eigenvalue weighted by Crippen LogP contribution is -2.09. The van der Waals surface area contributed by atoms with Crippen LogP contribution in [0, 0.1) is 47.3 Å². The molecule has 0 radical (unpaired) electrons. The Balaban J connectivity index is 2.49. The molecule has 10 heteroatoms. The average Bonchev–Trinajstić information content (AvgIpc) is 2.67. The molecular weight excluding hydrogens is 436 g/mol. The van der Waals surface area contributed by atoms with Crippen molar-refractivity contribution in [1.82, 2.24) is 4.98 Å². The number of hydrogen-bond donors (Lipinski definition) is 1. The summed E-state index contributed by atoms with van der Waals surface area (Å²) >= 11 is 12.0. The normalized spacial score (nSPS) is 10.9. The van der Waals surface area contributed by atoms with Gasteiger partial charge < -0.3 is 5.73 Å². The van der Waals surface area contributed by atoms with Gasteiger partial charge in [0.25, 0.3) is 0 Å². The van der Waals surface area contributed by atoms with Crippen molar-refractivity contribution in [3.63, 3.8) is 0 Å². The van der Waals surface area contributed by atoms with E-state index in [4.69, 9.17) is 28.9 Å². The van der Waals surface area contributed by atoms with Gasteiger partial charge in [-0.15, -0.1) is 0 Å². The Kier molecular flexibility index (Phi) is 5.39. The van der Waals surface area contributed by atoms with E-state index in [0.717, 1.165) is 0 Å². The van der Waals surface area contributed by atoms with Crippen molar-refractivity contribution in [2.24, 2.45) is 0 Å². The first kappa shape index (κ1) is 20.8. The number of pyridine rings is 1. The number of benzene rings is 2. The molecule has 1 heterocycles. The molecule has 0 saturated heterocycles. The van der Waals surface area contributed by atoms with Crippen LogP contribution in [0.2, 0.25) is 10.0 Å². The number of aromatic nitrogens is 1. The smallest absolute Gasteiger partial charge is 0.200 e. The fraction of sp³-hybridized carbons (Fsp3) is 0.0526. The number of anilines is 1. The highest BCUT2D eigenvalue weighted by atomic mass is 35.5. The summed E-state index contributed by atoms with van der Waals surface area (Å²) in [6, 6.07) is 5.86. The first-order valence-electron chi connectivity index (χ1n) is 7.77. The van der Waals surface area contributed by atoms with E-state index in [2.05, 4.69) is 4.98 Å². The molecule has 0 saturated carbocycles.